The van der Waals surface area contributed by atoms with Crippen LogP contribution >= 0.6 is 0 Å². The monoisotopic (exact) mass is 476 g/mol. The molecule has 7 heteroatoms. The molecular formula is C28H32N2O5. The van der Waals surface area contributed by atoms with Gasteiger partial charge < -0.3 is 24.8 Å². The summed E-state index contributed by atoms with van der Waals surface area (Å²) in [5.41, 5.74) is 3.76. The van der Waals surface area contributed by atoms with Crippen molar-refractivity contribution in [3.05, 3.63) is 70.6 Å². The van der Waals surface area contributed by atoms with Gasteiger partial charge in [0.05, 0.1) is 32.9 Å². The number of hydrogen-bond acceptors (Lipinski definition) is 6. The van der Waals surface area contributed by atoms with Gasteiger partial charge in [-0.15, -0.1) is 0 Å². The maximum absolute atomic E-state index is 13.8. The van der Waals surface area contributed by atoms with E-state index in [0.717, 1.165) is 11.3 Å². The van der Waals surface area contributed by atoms with E-state index >= 15 is 0 Å². The Morgan fingerprint density at radius 1 is 1.00 bits per heavy atom. The van der Waals surface area contributed by atoms with Gasteiger partial charge in [-0.25, -0.2) is 0 Å². The fourth-order valence-corrected chi connectivity index (χ4v) is 5.04. The Hall–Kier alpha value is -3.74. The lowest BCUT2D eigenvalue weighted by molar-refractivity contribution is -0.118. The van der Waals surface area contributed by atoms with Gasteiger partial charge in [-0.3, -0.25) is 9.59 Å². The molecule has 1 heterocycles. The Bertz CT molecular complexity index is 1240. The molecule has 4 rings (SSSR count). The molecule has 0 spiro atoms. The zero-order valence-electron chi connectivity index (χ0n) is 21.1. The molecule has 7 nitrogen and oxygen atoms in total. The van der Waals surface area contributed by atoms with Crippen LogP contribution in [0.4, 0.5) is 5.69 Å². The predicted molar refractivity (Wildman–Crippen MR) is 135 cm³/mol. The highest BCUT2D eigenvalue weighted by atomic mass is 16.5. The molecule has 0 fully saturated rings. The first-order chi connectivity index (χ1) is 16.7. The number of methoxy groups -OCH3 is 3. The summed E-state index contributed by atoms with van der Waals surface area (Å²) in [6.07, 6.45) is 1.12. The van der Waals surface area contributed by atoms with Gasteiger partial charge in [0.1, 0.15) is 17.2 Å². The number of hydrogen-bond donors (Lipinski definition) is 2. The van der Waals surface area contributed by atoms with Crippen molar-refractivity contribution >= 4 is 17.4 Å². The molecule has 2 aliphatic rings. The van der Waals surface area contributed by atoms with E-state index in [9.17, 15) is 9.59 Å². The number of Topliss-reactive ketones (excluding diaryl/α,β-unsaturated/α-hetero) is 1. The second-order valence-electron chi connectivity index (χ2n) is 9.69. The molecule has 1 aliphatic carbocycles. The molecule has 0 bridgehead atoms. The molecule has 1 unspecified atom stereocenters. The minimum Gasteiger partial charge on any atom is -0.497 e. The summed E-state index contributed by atoms with van der Waals surface area (Å²) >= 11 is 0. The Labute approximate surface area is 206 Å². The average Bonchev–Trinajstić information content (AvgIpc) is 2.82. The molecule has 1 amide bonds. The number of dihydropyridines is 1. The van der Waals surface area contributed by atoms with Crippen molar-refractivity contribution in [3.8, 4) is 17.2 Å². The molecule has 2 aromatic rings. The third-order valence-corrected chi connectivity index (χ3v) is 6.59. The lowest BCUT2D eigenvalue weighted by Crippen LogP contribution is -2.39. The number of nitrogens with one attached hydrogen (secondary N) is 2. The number of anilines is 1. The van der Waals surface area contributed by atoms with Crippen LogP contribution in [0.25, 0.3) is 0 Å². The van der Waals surface area contributed by atoms with Crippen LogP contribution in [0, 0.1) is 5.41 Å². The summed E-state index contributed by atoms with van der Waals surface area (Å²) in [7, 11) is 4.72. The zero-order valence-corrected chi connectivity index (χ0v) is 21.1. The van der Waals surface area contributed by atoms with E-state index in [0.29, 0.717) is 52.6 Å². The van der Waals surface area contributed by atoms with Crippen LogP contribution < -0.4 is 24.8 Å². The number of carbonyl (C=O) groups is 2. The summed E-state index contributed by atoms with van der Waals surface area (Å²) in [6, 6.07) is 12.7. The van der Waals surface area contributed by atoms with Gasteiger partial charge in [-0.2, -0.15) is 0 Å². The van der Waals surface area contributed by atoms with E-state index in [1.807, 2.05) is 31.2 Å². The zero-order chi connectivity index (χ0) is 25.3. The smallest absolute Gasteiger partial charge is 0.254 e. The Kier molecular flexibility index (Phi) is 6.61. The van der Waals surface area contributed by atoms with Crippen molar-refractivity contribution in [2.24, 2.45) is 5.41 Å². The van der Waals surface area contributed by atoms with E-state index in [2.05, 4.69) is 24.5 Å². The van der Waals surface area contributed by atoms with E-state index in [4.69, 9.17) is 14.2 Å². The van der Waals surface area contributed by atoms with Crippen molar-refractivity contribution in [1.29, 1.82) is 0 Å². The average molecular weight is 477 g/mol. The molecule has 0 saturated heterocycles. The van der Waals surface area contributed by atoms with Crippen molar-refractivity contribution in [2.75, 3.05) is 26.6 Å². The first kappa shape index (κ1) is 24.4. The highest BCUT2D eigenvalue weighted by Gasteiger charge is 2.43. The van der Waals surface area contributed by atoms with E-state index in [-0.39, 0.29) is 17.1 Å². The maximum Gasteiger partial charge on any atom is 0.254 e. The predicted octanol–water partition coefficient (Wildman–Crippen LogP) is 4.96. The van der Waals surface area contributed by atoms with Gasteiger partial charge in [0.2, 0.25) is 0 Å². The number of benzene rings is 2. The van der Waals surface area contributed by atoms with E-state index in [1.54, 1.807) is 39.5 Å². The topological polar surface area (TPSA) is 85.9 Å². The van der Waals surface area contributed by atoms with Crippen molar-refractivity contribution in [3.63, 3.8) is 0 Å². The highest BCUT2D eigenvalue weighted by Crippen LogP contribution is 2.49. The van der Waals surface area contributed by atoms with Crippen molar-refractivity contribution < 1.29 is 23.8 Å². The molecule has 1 aliphatic heterocycles. The van der Waals surface area contributed by atoms with Crippen LogP contribution in [0.5, 0.6) is 17.2 Å². The number of para-hydroxylation sites is 2. The van der Waals surface area contributed by atoms with E-state index < -0.39 is 5.92 Å². The summed E-state index contributed by atoms with van der Waals surface area (Å²) < 4.78 is 16.5. The molecular weight excluding hydrogens is 444 g/mol. The van der Waals surface area contributed by atoms with Crippen LogP contribution in [0.1, 0.15) is 45.1 Å². The Morgan fingerprint density at radius 3 is 2.40 bits per heavy atom. The fourth-order valence-electron chi connectivity index (χ4n) is 5.04. The second-order valence-corrected chi connectivity index (χ2v) is 9.69. The maximum atomic E-state index is 13.8. The number of rotatable bonds is 6. The summed E-state index contributed by atoms with van der Waals surface area (Å²) in [5.74, 6) is 0.859. The quantitative estimate of drug-likeness (QED) is 0.613. The summed E-state index contributed by atoms with van der Waals surface area (Å²) in [6.45, 7) is 6.04. The van der Waals surface area contributed by atoms with Crippen molar-refractivity contribution in [1.82, 2.24) is 5.32 Å². The first-order valence-corrected chi connectivity index (χ1v) is 11.6. The largest absolute Gasteiger partial charge is 0.497 e. The van der Waals surface area contributed by atoms with Crippen LogP contribution in [0.15, 0.2) is 65.0 Å². The number of amides is 1. The molecule has 184 valence electrons. The minimum atomic E-state index is -0.592. The lowest BCUT2D eigenvalue weighted by atomic mass is 9.68. The minimum absolute atomic E-state index is 0.0294. The standard InChI is InChI=1S/C28H32N2O5/c1-16-24(27(32)30-19-9-7-8-10-22(19)34-5)25(18-12-11-17(33-4)13-23(18)35-6)26-20(29-16)14-28(2,3)15-21(26)31/h7-13,25,29H,14-15H2,1-6H3,(H,30,32). The third kappa shape index (κ3) is 4.63. The highest BCUT2D eigenvalue weighted by molar-refractivity contribution is 6.10. The van der Waals surface area contributed by atoms with Gasteiger partial charge in [0.25, 0.3) is 5.91 Å². The molecule has 2 aromatic carbocycles. The molecule has 0 aromatic heterocycles. The normalized spacial score (nSPS) is 19.0. The molecule has 1 atom stereocenters. The van der Waals surface area contributed by atoms with Crippen molar-refractivity contribution in [2.45, 2.75) is 39.5 Å². The molecule has 0 saturated carbocycles. The van der Waals surface area contributed by atoms with Crippen LogP contribution in [0.2, 0.25) is 0 Å². The number of carbonyl (C=O) groups excluding carboxylic acids is 2. The van der Waals surface area contributed by atoms with Gasteiger partial charge in [0.15, 0.2) is 5.78 Å². The summed E-state index contributed by atoms with van der Waals surface area (Å²) in [4.78, 5) is 27.3. The number of ketones is 1. The SMILES string of the molecule is COc1ccc(C2C(C(=O)Nc3ccccc3OC)=C(C)NC3=C2C(=O)CC(C)(C)C3)c(OC)c1. The van der Waals surface area contributed by atoms with Gasteiger partial charge in [0, 0.05) is 40.6 Å². The van der Waals surface area contributed by atoms with Gasteiger partial charge >= 0.3 is 0 Å². The van der Waals surface area contributed by atoms with E-state index in [1.165, 1.54) is 0 Å². The van der Waals surface area contributed by atoms with Crippen LogP contribution in [-0.2, 0) is 9.59 Å². The lowest BCUT2D eigenvalue weighted by Gasteiger charge is -2.40. The van der Waals surface area contributed by atoms with Crippen LogP contribution in [-0.4, -0.2) is 33.0 Å². The second kappa shape index (κ2) is 9.49. The third-order valence-electron chi connectivity index (χ3n) is 6.59. The number of allylic oxidation sites excluding steroid dienone is 3. The number of ether oxygens (including phenoxy) is 3. The van der Waals surface area contributed by atoms with Crippen LogP contribution in [0.3, 0.4) is 0 Å². The fraction of sp³-hybridized carbons (Fsp3) is 0.357. The first-order valence-electron chi connectivity index (χ1n) is 11.6. The van der Waals surface area contributed by atoms with Gasteiger partial charge in [-0.1, -0.05) is 32.0 Å². The molecule has 0 radical (unpaired) electrons. The molecule has 2 N–H and O–H groups in total. The Balaban J connectivity index is 1.87. The van der Waals surface area contributed by atoms with Gasteiger partial charge in [-0.05, 0) is 37.0 Å². The molecule has 35 heavy (non-hydrogen) atoms. The summed E-state index contributed by atoms with van der Waals surface area (Å²) in [5, 5.41) is 6.38. The Morgan fingerprint density at radius 2 is 1.71 bits per heavy atom.